The smallest absolute Gasteiger partial charge is 0.237 e. The summed E-state index contributed by atoms with van der Waals surface area (Å²) >= 11 is 0. The highest BCUT2D eigenvalue weighted by Gasteiger charge is 2.48. The summed E-state index contributed by atoms with van der Waals surface area (Å²) in [6.07, 6.45) is 7.06. The van der Waals surface area contributed by atoms with Gasteiger partial charge < -0.3 is 4.74 Å². The van der Waals surface area contributed by atoms with Crippen LogP contribution in [0, 0.1) is 17.8 Å². The molecule has 2 aliphatic carbocycles. The zero-order valence-corrected chi connectivity index (χ0v) is 12.2. The standard InChI is InChI=1S/C13H23NO4S/c1-18-7-8-19(16,17)14-13(15)12-9-11(12)10-5-3-2-4-6-10/h10-12H,2-9H2,1H3,(H,14,15)/t11-,12-/m0/s1. The van der Waals surface area contributed by atoms with Crippen LogP contribution in [0.25, 0.3) is 0 Å². The third kappa shape index (κ3) is 4.18. The molecule has 0 saturated heterocycles. The predicted octanol–water partition coefficient (Wildman–Crippen LogP) is 1.30. The molecule has 0 aromatic carbocycles. The van der Waals surface area contributed by atoms with Gasteiger partial charge in [0.1, 0.15) is 0 Å². The Balaban J connectivity index is 1.79. The fourth-order valence-electron chi connectivity index (χ4n) is 3.07. The van der Waals surface area contributed by atoms with Gasteiger partial charge in [0, 0.05) is 13.0 Å². The van der Waals surface area contributed by atoms with Gasteiger partial charge in [0.2, 0.25) is 15.9 Å². The first-order valence-corrected chi connectivity index (χ1v) is 8.72. The van der Waals surface area contributed by atoms with Crippen molar-refractivity contribution >= 4 is 15.9 Å². The van der Waals surface area contributed by atoms with E-state index in [0.29, 0.717) is 11.8 Å². The van der Waals surface area contributed by atoms with Crippen LogP contribution in [0.4, 0.5) is 0 Å². The molecule has 0 unspecified atom stereocenters. The van der Waals surface area contributed by atoms with Crippen LogP contribution in [0.5, 0.6) is 0 Å². The van der Waals surface area contributed by atoms with Gasteiger partial charge in [-0.15, -0.1) is 0 Å². The van der Waals surface area contributed by atoms with Gasteiger partial charge in [0.15, 0.2) is 0 Å². The van der Waals surface area contributed by atoms with Crippen molar-refractivity contribution in [3.63, 3.8) is 0 Å². The van der Waals surface area contributed by atoms with Crippen LogP contribution in [0.2, 0.25) is 0 Å². The van der Waals surface area contributed by atoms with E-state index >= 15 is 0 Å². The van der Waals surface area contributed by atoms with Crippen molar-refractivity contribution in [3.8, 4) is 0 Å². The first-order valence-electron chi connectivity index (χ1n) is 7.07. The first kappa shape index (κ1) is 14.8. The summed E-state index contributed by atoms with van der Waals surface area (Å²) in [6.45, 7) is 0.110. The van der Waals surface area contributed by atoms with E-state index in [4.69, 9.17) is 4.74 Å². The van der Waals surface area contributed by atoms with Gasteiger partial charge in [-0.3, -0.25) is 9.52 Å². The molecule has 5 nitrogen and oxygen atoms in total. The van der Waals surface area contributed by atoms with Gasteiger partial charge in [-0.2, -0.15) is 0 Å². The van der Waals surface area contributed by atoms with Crippen LogP contribution in [0.1, 0.15) is 38.5 Å². The SMILES string of the molecule is COCCS(=O)(=O)NC(=O)[C@H]1C[C@H]1C1CCCCC1. The van der Waals surface area contributed by atoms with E-state index in [1.54, 1.807) is 0 Å². The van der Waals surface area contributed by atoms with Crippen molar-refractivity contribution in [2.75, 3.05) is 19.5 Å². The van der Waals surface area contributed by atoms with E-state index in [0.717, 1.165) is 6.42 Å². The Hall–Kier alpha value is -0.620. The topological polar surface area (TPSA) is 72.5 Å². The van der Waals surface area contributed by atoms with Crippen LogP contribution in [-0.4, -0.2) is 33.8 Å². The fraction of sp³-hybridized carbons (Fsp3) is 0.923. The number of hydrogen-bond donors (Lipinski definition) is 1. The summed E-state index contributed by atoms with van der Waals surface area (Å²) < 4.78 is 30.1. The summed E-state index contributed by atoms with van der Waals surface area (Å²) in [5, 5.41) is 0. The molecule has 0 heterocycles. The van der Waals surface area contributed by atoms with Gasteiger partial charge in [-0.05, 0) is 18.3 Å². The van der Waals surface area contributed by atoms with E-state index in [2.05, 4.69) is 4.72 Å². The minimum atomic E-state index is -3.53. The number of methoxy groups -OCH3 is 1. The lowest BCUT2D eigenvalue weighted by Crippen LogP contribution is -2.35. The van der Waals surface area contributed by atoms with Crippen molar-refractivity contribution in [1.29, 1.82) is 0 Å². The quantitative estimate of drug-likeness (QED) is 0.800. The number of carbonyl (C=O) groups is 1. The number of nitrogens with one attached hydrogen (secondary N) is 1. The summed E-state index contributed by atoms with van der Waals surface area (Å²) in [5.41, 5.74) is 0. The monoisotopic (exact) mass is 289 g/mol. The Labute approximate surface area is 115 Å². The zero-order chi connectivity index (χ0) is 13.9. The molecule has 0 aliphatic heterocycles. The highest BCUT2D eigenvalue weighted by molar-refractivity contribution is 7.90. The Morgan fingerprint density at radius 2 is 1.95 bits per heavy atom. The average molecular weight is 289 g/mol. The van der Waals surface area contributed by atoms with E-state index < -0.39 is 10.0 Å². The summed E-state index contributed by atoms with van der Waals surface area (Å²) in [7, 11) is -2.08. The van der Waals surface area contributed by atoms with E-state index in [-0.39, 0.29) is 24.2 Å². The normalized spacial score (nSPS) is 28.1. The van der Waals surface area contributed by atoms with Gasteiger partial charge in [0.25, 0.3) is 0 Å². The lowest BCUT2D eigenvalue weighted by atomic mass is 9.85. The lowest BCUT2D eigenvalue weighted by molar-refractivity contribution is -0.121. The molecule has 19 heavy (non-hydrogen) atoms. The maximum atomic E-state index is 11.9. The summed E-state index contributed by atoms with van der Waals surface area (Å²) in [5.74, 6) is 0.493. The Morgan fingerprint density at radius 3 is 2.58 bits per heavy atom. The number of amides is 1. The molecule has 2 atom stereocenters. The van der Waals surface area contributed by atoms with Crippen LogP contribution < -0.4 is 4.72 Å². The largest absolute Gasteiger partial charge is 0.384 e. The zero-order valence-electron chi connectivity index (χ0n) is 11.4. The van der Waals surface area contributed by atoms with E-state index in [1.807, 2.05) is 0 Å². The highest BCUT2D eigenvalue weighted by atomic mass is 32.2. The third-order valence-electron chi connectivity index (χ3n) is 4.24. The van der Waals surface area contributed by atoms with Crippen LogP contribution in [0.3, 0.4) is 0 Å². The first-order chi connectivity index (χ1) is 9.03. The second-order valence-corrected chi connectivity index (χ2v) is 7.52. The number of ether oxygens (including phenoxy) is 1. The molecule has 0 bridgehead atoms. The molecule has 1 N–H and O–H groups in total. The molecule has 110 valence electrons. The van der Waals surface area contributed by atoms with Gasteiger partial charge in [-0.1, -0.05) is 32.1 Å². The number of sulfonamides is 1. The van der Waals surface area contributed by atoms with Gasteiger partial charge in [-0.25, -0.2) is 8.42 Å². The van der Waals surface area contributed by atoms with E-state index in [9.17, 15) is 13.2 Å². The maximum absolute atomic E-state index is 11.9. The molecular formula is C13H23NO4S. The Kier molecular flexibility index (Phi) is 4.84. The van der Waals surface area contributed by atoms with Crippen LogP contribution in [-0.2, 0) is 19.6 Å². The molecule has 2 saturated carbocycles. The number of hydrogen-bond acceptors (Lipinski definition) is 4. The fourth-order valence-corrected chi connectivity index (χ4v) is 4.02. The van der Waals surface area contributed by atoms with E-state index in [1.165, 1.54) is 39.2 Å². The van der Waals surface area contributed by atoms with Crippen LogP contribution >= 0.6 is 0 Å². The minimum absolute atomic E-state index is 0.0829. The molecule has 0 aromatic heterocycles. The molecule has 2 fully saturated rings. The average Bonchev–Trinajstić information content (AvgIpc) is 3.17. The molecule has 2 aliphatic rings. The Morgan fingerprint density at radius 1 is 1.26 bits per heavy atom. The minimum Gasteiger partial charge on any atom is -0.384 e. The second-order valence-electron chi connectivity index (χ2n) is 5.68. The van der Waals surface area contributed by atoms with Crippen LogP contribution in [0.15, 0.2) is 0 Å². The molecule has 6 heteroatoms. The summed E-state index contributed by atoms with van der Waals surface area (Å²) in [4.78, 5) is 11.9. The second kappa shape index (κ2) is 6.22. The lowest BCUT2D eigenvalue weighted by Gasteiger charge is -2.21. The maximum Gasteiger partial charge on any atom is 0.237 e. The molecule has 1 amide bonds. The van der Waals surface area contributed by atoms with Gasteiger partial charge >= 0.3 is 0 Å². The van der Waals surface area contributed by atoms with Crippen molar-refractivity contribution in [1.82, 2.24) is 4.72 Å². The Bertz CT molecular complexity index is 414. The third-order valence-corrected chi connectivity index (χ3v) is 5.46. The predicted molar refractivity (Wildman–Crippen MR) is 72.0 cm³/mol. The molecule has 0 aromatic rings. The van der Waals surface area contributed by atoms with Crippen molar-refractivity contribution in [3.05, 3.63) is 0 Å². The van der Waals surface area contributed by atoms with Crippen molar-refractivity contribution in [2.45, 2.75) is 38.5 Å². The highest BCUT2D eigenvalue weighted by Crippen LogP contribution is 2.49. The summed E-state index contributed by atoms with van der Waals surface area (Å²) in [6, 6.07) is 0. The number of carbonyl (C=O) groups excluding carboxylic acids is 1. The molecule has 0 spiro atoms. The molecule has 2 rings (SSSR count). The molecular weight excluding hydrogens is 266 g/mol. The van der Waals surface area contributed by atoms with Crippen molar-refractivity contribution < 1.29 is 17.9 Å². The van der Waals surface area contributed by atoms with Gasteiger partial charge in [0.05, 0.1) is 12.4 Å². The van der Waals surface area contributed by atoms with Crippen molar-refractivity contribution in [2.24, 2.45) is 17.8 Å². The molecule has 0 radical (unpaired) electrons. The number of rotatable bonds is 6.